The summed E-state index contributed by atoms with van der Waals surface area (Å²) in [5.41, 5.74) is 12.7. The number of carbonyl (C=O) groups is 9. The normalized spacial score (nSPS) is 16.3. The first-order valence-corrected chi connectivity index (χ1v) is 18.2. The van der Waals surface area contributed by atoms with Crippen molar-refractivity contribution in [3.63, 3.8) is 0 Å². The van der Waals surface area contributed by atoms with Crippen molar-refractivity contribution in [2.45, 2.75) is 88.6 Å². The van der Waals surface area contributed by atoms with Gasteiger partial charge in [0.15, 0.2) is 0 Å². The number of rotatable bonds is 21. The molecule has 1 heterocycles. The zero-order chi connectivity index (χ0) is 41.4. The lowest BCUT2D eigenvalue weighted by Gasteiger charge is -2.31. The Kier molecular flexibility index (Phi) is 17.1. The number of amides is 7. The summed E-state index contributed by atoms with van der Waals surface area (Å²) in [6.07, 6.45) is 0.144. The molecule has 0 saturated carbocycles. The summed E-state index contributed by atoms with van der Waals surface area (Å²) in [6.45, 7) is 3.08. The number of primary amides is 1. The van der Waals surface area contributed by atoms with E-state index in [9.17, 15) is 48.3 Å². The standard InChI is InChI=1S/C38H50N8O10/c1-22(2)33(38(56)46-15-9-14-25(46)21-47)45-37(55)27(17-24-12-7-4-8-13-24)43-35(53)28(18-30(40)48)44-36(54)29(19-32(50)51)42-31(49)20-41-34(52)26(39)16-23-10-5-3-6-11-23/h3-8,10-13,21-22,25-29,33H,9,14-20,39H2,1-2H3,(H2,40,48)(H,41,52)(H,42,49)(H,43,53)(H,44,54)(H,45,55)(H,50,51)/t25-,26-,27-,28-,29-,33-/m0/s1. The number of likely N-dealkylation sites (tertiary alicyclic amines) is 1. The molecule has 0 aromatic heterocycles. The highest BCUT2D eigenvalue weighted by molar-refractivity contribution is 5.98. The smallest absolute Gasteiger partial charge is 0.305 e. The average molecular weight is 779 g/mol. The number of nitrogens with two attached hydrogens (primary N) is 2. The fourth-order valence-corrected chi connectivity index (χ4v) is 6.06. The van der Waals surface area contributed by atoms with Gasteiger partial charge in [-0.3, -0.25) is 38.4 Å². The number of aliphatic carboxylic acids is 1. The van der Waals surface area contributed by atoms with Crippen LogP contribution in [0.15, 0.2) is 60.7 Å². The van der Waals surface area contributed by atoms with Gasteiger partial charge in [-0.1, -0.05) is 74.5 Å². The van der Waals surface area contributed by atoms with E-state index in [1.165, 1.54) is 4.90 Å². The van der Waals surface area contributed by atoms with Crippen molar-refractivity contribution in [1.29, 1.82) is 0 Å². The van der Waals surface area contributed by atoms with Crippen LogP contribution in [0.25, 0.3) is 0 Å². The highest BCUT2D eigenvalue weighted by atomic mass is 16.4. The second-order valence-electron chi connectivity index (χ2n) is 13.8. The number of nitrogens with one attached hydrogen (secondary N) is 5. The molecule has 0 radical (unpaired) electrons. The van der Waals surface area contributed by atoms with E-state index in [2.05, 4.69) is 26.6 Å². The molecule has 1 fully saturated rings. The average Bonchev–Trinajstić information content (AvgIpc) is 3.64. The molecule has 18 heteroatoms. The number of carbonyl (C=O) groups excluding carboxylic acids is 8. The van der Waals surface area contributed by atoms with E-state index in [1.807, 2.05) is 0 Å². The number of hydrogen-bond acceptors (Lipinski definition) is 10. The van der Waals surface area contributed by atoms with Gasteiger partial charge in [-0.25, -0.2) is 0 Å². The van der Waals surface area contributed by atoms with Gasteiger partial charge < -0.3 is 52.9 Å². The van der Waals surface area contributed by atoms with E-state index < -0.39 is 109 Å². The van der Waals surface area contributed by atoms with Crippen LogP contribution < -0.4 is 38.1 Å². The highest BCUT2D eigenvalue weighted by Crippen LogP contribution is 2.19. The van der Waals surface area contributed by atoms with Gasteiger partial charge in [0, 0.05) is 13.0 Å². The fourth-order valence-electron chi connectivity index (χ4n) is 6.06. The molecule has 3 rings (SSSR count). The highest BCUT2D eigenvalue weighted by Gasteiger charge is 2.37. The number of hydrogen-bond donors (Lipinski definition) is 8. The molecule has 7 amide bonds. The van der Waals surface area contributed by atoms with Gasteiger partial charge in [0.2, 0.25) is 41.4 Å². The summed E-state index contributed by atoms with van der Waals surface area (Å²) < 4.78 is 0. The summed E-state index contributed by atoms with van der Waals surface area (Å²) in [7, 11) is 0. The maximum atomic E-state index is 13.8. The predicted molar refractivity (Wildman–Crippen MR) is 201 cm³/mol. The maximum Gasteiger partial charge on any atom is 0.305 e. The van der Waals surface area contributed by atoms with Crippen LogP contribution in [-0.4, -0.2) is 113 Å². The second kappa shape index (κ2) is 21.7. The van der Waals surface area contributed by atoms with Crippen LogP contribution in [0.4, 0.5) is 0 Å². The van der Waals surface area contributed by atoms with E-state index >= 15 is 0 Å². The van der Waals surface area contributed by atoms with Gasteiger partial charge >= 0.3 is 5.97 Å². The third kappa shape index (κ3) is 13.9. The van der Waals surface area contributed by atoms with Crippen LogP contribution in [-0.2, 0) is 56.0 Å². The molecule has 1 aliphatic heterocycles. The first kappa shape index (κ1) is 44.2. The van der Waals surface area contributed by atoms with Crippen molar-refractivity contribution in [2.24, 2.45) is 17.4 Å². The van der Waals surface area contributed by atoms with Crippen LogP contribution in [0.5, 0.6) is 0 Å². The number of aldehydes is 1. The summed E-state index contributed by atoms with van der Waals surface area (Å²) in [4.78, 5) is 116. The molecular weight excluding hydrogens is 728 g/mol. The molecular formula is C38H50N8O10. The Balaban J connectivity index is 1.75. The van der Waals surface area contributed by atoms with Gasteiger partial charge in [0.1, 0.15) is 30.5 Å². The van der Waals surface area contributed by atoms with E-state index in [1.54, 1.807) is 74.5 Å². The molecule has 1 saturated heterocycles. The zero-order valence-corrected chi connectivity index (χ0v) is 31.3. The lowest BCUT2D eigenvalue weighted by Crippen LogP contribution is -2.60. The molecule has 0 aliphatic carbocycles. The van der Waals surface area contributed by atoms with Gasteiger partial charge in [-0.15, -0.1) is 0 Å². The monoisotopic (exact) mass is 778 g/mol. The van der Waals surface area contributed by atoms with Crippen LogP contribution in [0.3, 0.4) is 0 Å². The fraction of sp³-hybridized carbons (Fsp3) is 0.447. The van der Waals surface area contributed by atoms with Crippen LogP contribution >= 0.6 is 0 Å². The largest absolute Gasteiger partial charge is 0.481 e. The minimum absolute atomic E-state index is 0.0895. The van der Waals surface area contributed by atoms with Crippen molar-refractivity contribution in [3.05, 3.63) is 71.8 Å². The molecule has 18 nitrogen and oxygen atoms in total. The van der Waals surface area contributed by atoms with Crippen molar-refractivity contribution < 1.29 is 48.3 Å². The maximum absolute atomic E-state index is 13.8. The van der Waals surface area contributed by atoms with Crippen LogP contribution in [0.1, 0.15) is 50.7 Å². The van der Waals surface area contributed by atoms with Crippen molar-refractivity contribution >= 4 is 53.6 Å². The van der Waals surface area contributed by atoms with Gasteiger partial charge in [0.05, 0.1) is 31.5 Å². The first-order chi connectivity index (χ1) is 26.6. The number of benzene rings is 2. The Labute approximate surface area is 323 Å². The molecule has 6 atom stereocenters. The Morgan fingerprint density at radius 3 is 1.84 bits per heavy atom. The first-order valence-electron chi connectivity index (χ1n) is 18.2. The van der Waals surface area contributed by atoms with Gasteiger partial charge in [0.25, 0.3) is 0 Å². The summed E-state index contributed by atoms with van der Waals surface area (Å²) in [5, 5.41) is 21.4. The van der Waals surface area contributed by atoms with Crippen molar-refractivity contribution in [1.82, 2.24) is 31.5 Å². The molecule has 0 bridgehead atoms. The number of nitrogens with zero attached hydrogens (tertiary/aromatic N) is 1. The topological polar surface area (TPSA) is 289 Å². The van der Waals surface area contributed by atoms with Crippen molar-refractivity contribution in [2.75, 3.05) is 13.1 Å². The molecule has 2 aromatic carbocycles. The molecule has 302 valence electrons. The zero-order valence-electron chi connectivity index (χ0n) is 31.3. The van der Waals surface area contributed by atoms with Crippen LogP contribution in [0, 0.1) is 5.92 Å². The third-order valence-electron chi connectivity index (χ3n) is 9.01. The molecule has 10 N–H and O–H groups in total. The van der Waals surface area contributed by atoms with Gasteiger partial charge in [-0.05, 0) is 36.3 Å². The molecule has 1 aliphatic rings. The number of carboxylic acids is 1. The molecule has 56 heavy (non-hydrogen) atoms. The lowest BCUT2D eigenvalue weighted by molar-refractivity contribution is -0.141. The van der Waals surface area contributed by atoms with E-state index in [0.717, 1.165) is 5.56 Å². The summed E-state index contributed by atoms with van der Waals surface area (Å²) in [5.74, 6) is -8.07. The van der Waals surface area contributed by atoms with E-state index in [4.69, 9.17) is 11.5 Å². The van der Waals surface area contributed by atoms with Crippen molar-refractivity contribution in [3.8, 4) is 0 Å². The Hall–Kier alpha value is -6.17. The molecule has 0 unspecified atom stereocenters. The summed E-state index contributed by atoms with van der Waals surface area (Å²) >= 11 is 0. The third-order valence-corrected chi connectivity index (χ3v) is 9.01. The minimum atomic E-state index is -1.78. The predicted octanol–water partition coefficient (Wildman–Crippen LogP) is -1.95. The summed E-state index contributed by atoms with van der Waals surface area (Å²) in [6, 6.07) is 9.82. The van der Waals surface area contributed by atoms with Gasteiger partial charge in [-0.2, -0.15) is 0 Å². The Morgan fingerprint density at radius 2 is 1.30 bits per heavy atom. The number of carboxylic acid groups (broad SMARTS) is 1. The van der Waals surface area contributed by atoms with E-state index in [0.29, 0.717) is 31.2 Å². The minimum Gasteiger partial charge on any atom is -0.481 e. The second-order valence-corrected chi connectivity index (χ2v) is 13.8. The van der Waals surface area contributed by atoms with E-state index in [-0.39, 0.29) is 12.8 Å². The quantitative estimate of drug-likeness (QED) is 0.0645. The molecule has 2 aromatic rings. The lowest BCUT2D eigenvalue weighted by atomic mass is 9.99. The SMILES string of the molecule is CC(C)[C@H](NC(=O)[C@H](Cc1ccccc1)NC(=O)[C@H](CC(N)=O)NC(=O)[C@H](CC(=O)O)NC(=O)CNC(=O)[C@@H](N)Cc1ccccc1)C(=O)N1CCC[C@H]1C=O. The Morgan fingerprint density at radius 1 is 0.768 bits per heavy atom. The van der Waals surface area contributed by atoms with Crippen LogP contribution in [0.2, 0.25) is 0 Å². The Bertz CT molecular complexity index is 1730. The molecule has 0 spiro atoms.